The molecule has 3 aromatic rings. The number of benzene rings is 2. The van der Waals surface area contributed by atoms with Crippen LogP contribution in [0.15, 0.2) is 65.9 Å². The number of aliphatic imine (C=N–C) groups is 1. The van der Waals surface area contributed by atoms with Crippen molar-refractivity contribution in [2.45, 2.75) is 31.7 Å². The van der Waals surface area contributed by atoms with Crippen LogP contribution < -0.4 is 4.74 Å². The number of aromatic nitrogens is 1. The van der Waals surface area contributed by atoms with Crippen molar-refractivity contribution in [2.24, 2.45) is 4.99 Å². The summed E-state index contributed by atoms with van der Waals surface area (Å²) < 4.78 is 5.65. The van der Waals surface area contributed by atoms with Gasteiger partial charge in [-0.3, -0.25) is 9.98 Å². The van der Waals surface area contributed by atoms with Gasteiger partial charge < -0.3 is 4.74 Å². The van der Waals surface area contributed by atoms with Gasteiger partial charge in [0.2, 0.25) is 0 Å². The second kappa shape index (κ2) is 11.7. The molecular weight excluding hydrogens is 474 g/mol. The van der Waals surface area contributed by atoms with E-state index in [0.717, 1.165) is 36.3 Å². The van der Waals surface area contributed by atoms with Crippen molar-refractivity contribution >= 4 is 53.7 Å². The van der Waals surface area contributed by atoms with E-state index in [0.29, 0.717) is 16.5 Å². The molecule has 0 radical (unpaired) electrons. The molecule has 0 fully saturated rings. The van der Waals surface area contributed by atoms with Crippen molar-refractivity contribution in [1.29, 1.82) is 0 Å². The Morgan fingerprint density at radius 2 is 1.68 bits per heavy atom. The van der Waals surface area contributed by atoms with Gasteiger partial charge in [-0.15, -0.1) is 24.8 Å². The number of fused-ring (bicyclic) bond motifs is 1. The van der Waals surface area contributed by atoms with Crippen molar-refractivity contribution in [3.05, 3.63) is 93.2 Å². The number of hydrogen-bond donors (Lipinski definition) is 0. The molecule has 1 aliphatic rings. The van der Waals surface area contributed by atoms with E-state index in [1.807, 2.05) is 18.2 Å². The molecule has 1 aliphatic heterocycles. The summed E-state index contributed by atoms with van der Waals surface area (Å²) in [6.07, 6.45) is 6.51. The van der Waals surface area contributed by atoms with Crippen molar-refractivity contribution in [2.75, 3.05) is 7.11 Å². The molecule has 3 nitrogen and oxygen atoms in total. The Kier molecular flexibility index (Phi) is 9.64. The topological polar surface area (TPSA) is 34.5 Å². The predicted octanol–water partition coefficient (Wildman–Crippen LogP) is 7.15. The Balaban J connectivity index is 0.00000171. The third-order valence-electron chi connectivity index (χ3n) is 5.35. The van der Waals surface area contributed by atoms with Crippen LogP contribution >= 0.6 is 48.0 Å². The third kappa shape index (κ3) is 5.93. The summed E-state index contributed by atoms with van der Waals surface area (Å²) >= 11 is 12.7. The minimum atomic E-state index is 0. The normalized spacial score (nSPS) is 14.5. The summed E-state index contributed by atoms with van der Waals surface area (Å²) in [7, 11) is 1.72. The molecule has 7 heteroatoms. The average molecular weight is 498 g/mol. The number of pyridine rings is 1. The lowest BCUT2D eigenvalue weighted by molar-refractivity contribution is 0.408. The number of aryl methyl sites for hydroxylation is 1. The van der Waals surface area contributed by atoms with E-state index < -0.39 is 0 Å². The maximum absolute atomic E-state index is 6.36. The predicted molar refractivity (Wildman–Crippen MR) is 134 cm³/mol. The number of rotatable bonds is 6. The zero-order valence-corrected chi connectivity index (χ0v) is 20.2. The van der Waals surface area contributed by atoms with Crippen LogP contribution in [0.3, 0.4) is 0 Å². The van der Waals surface area contributed by atoms with Crippen molar-refractivity contribution < 1.29 is 4.74 Å². The quantitative estimate of drug-likeness (QED) is 0.362. The van der Waals surface area contributed by atoms with Gasteiger partial charge >= 0.3 is 0 Å². The number of halogens is 4. The van der Waals surface area contributed by atoms with E-state index in [9.17, 15) is 0 Å². The van der Waals surface area contributed by atoms with Crippen LogP contribution in [0.25, 0.3) is 0 Å². The van der Waals surface area contributed by atoms with Crippen molar-refractivity contribution in [3.8, 4) is 5.75 Å². The molecule has 0 bridgehead atoms. The largest absolute Gasteiger partial charge is 0.496 e. The van der Waals surface area contributed by atoms with Gasteiger partial charge in [-0.1, -0.05) is 65.7 Å². The van der Waals surface area contributed by atoms with Gasteiger partial charge in [0.25, 0.3) is 0 Å². The zero-order chi connectivity index (χ0) is 20.2. The lowest BCUT2D eigenvalue weighted by atomic mass is 9.88. The first kappa shape index (κ1) is 25.5. The fourth-order valence-electron chi connectivity index (χ4n) is 3.90. The van der Waals surface area contributed by atoms with Gasteiger partial charge in [0.15, 0.2) is 0 Å². The van der Waals surface area contributed by atoms with E-state index >= 15 is 0 Å². The average Bonchev–Trinajstić information content (AvgIpc) is 2.75. The van der Waals surface area contributed by atoms with Gasteiger partial charge in [-0.2, -0.15) is 0 Å². The summed E-state index contributed by atoms with van der Waals surface area (Å²) in [4.78, 5) is 9.17. The highest BCUT2D eigenvalue weighted by molar-refractivity contribution is 6.36. The molecule has 4 rings (SSSR count). The minimum Gasteiger partial charge on any atom is -0.496 e. The van der Waals surface area contributed by atoms with Crippen LogP contribution in [0.5, 0.6) is 5.75 Å². The minimum absolute atomic E-state index is 0. The number of hydrogen-bond acceptors (Lipinski definition) is 3. The Morgan fingerprint density at radius 1 is 0.968 bits per heavy atom. The van der Waals surface area contributed by atoms with Crippen LogP contribution in [0.1, 0.15) is 34.7 Å². The van der Waals surface area contributed by atoms with Gasteiger partial charge in [0.05, 0.1) is 23.2 Å². The molecule has 1 unspecified atom stereocenters. The summed E-state index contributed by atoms with van der Waals surface area (Å²) in [5.41, 5.74) is 5.71. The van der Waals surface area contributed by atoms with Crippen molar-refractivity contribution in [1.82, 2.24) is 4.98 Å². The maximum atomic E-state index is 6.36. The highest BCUT2D eigenvalue weighted by Crippen LogP contribution is 2.37. The van der Waals surface area contributed by atoms with E-state index in [-0.39, 0.29) is 30.9 Å². The lowest BCUT2D eigenvalue weighted by Crippen LogP contribution is -2.19. The molecule has 1 atom stereocenters. The fourth-order valence-corrected chi connectivity index (χ4v) is 4.40. The number of nitrogens with zero attached hydrogens (tertiary/aromatic N) is 2. The molecule has 0 N–H and O–H groups in total. The van der Waals surface area contributed by atoms with E-state index in [4.69, 9.17) is 32.9 Å². The first-order valence-electron chi connectivity index (χ1n) is 9.69. The fraction of sp³-hybridized carbons (Fsp3) is 0.250. The van der Waals surface area contributed by atoms with E-state index in [1.54, 1.807) is 19.5 Å². The molecule has 164 valence electrons. The first-order chi connectivity index (χ1) is 14.2. The lowest BCUT2D eigenvalue weighted by Gasteiger charge is -2.26. The molecule has 2 aromatic carbocycles. The number of methoxy groups -OCH3 is 1. The Labute approximate surface area is 205 Å². The molecular formula is C24H24Cl4N2O. The van der Waals surface area contributed by atoms with Gasteiger partial charge in [0, 0.05) is 36.5 Å². The summed E-state index contributed by atoms with van der Waals surface area (Å²) in [5, 5.41) is 1.15. The summed E-state index contributed by atoms with van der Waals surface area (Å²) in [5.74, 6) is 0.909. The molecule has 31 heavy (non-hydrogen) atoms. The SMILES string of the molecule is COc1cccc2c1CC(Cc1c(Cl)cncc1Cl)=NC2CCc1ccccc1.Cl.Cl. The second-order valence-electron chi connectivity index (χ2n) is 7.20. The van der Waals surface area contributed by atoms with Crippen LogP contribution in [-0.2, 0) is 19.3 Å². The first-order valence-corrected chi connectivity index (χ1v) is 10.4. The molecule has 0 aliphatic carbocycles. The second-order valence-corrected chi connectivity index (χ2v) is 8.01. The van der Waals surface area contributed by atoms with Crippen LogP contribution in [0.4, 0.5) is 0 Å². The smallest absolute Gasteiger partial charge is 0.122 e. The molecule has 1 aromatic heterocycles. The van der Waals surface area contributed by atoms with Crippen LogP contribution in [0.2, 0.25) is 10.0 Å². The highest BCUT2D eigenvalue weighted by atomic mass is 35.5. The van der Waals surface area contributed by atoms with E-state index in [1.165, 1.54) is 16.7 Å². The Morgan fingerprint density at radius 3 is 2.35 bits per heavy atom. The molecule has 0 saturated carbocycles. The Hall–Kier alpha value is -1.78. The van der Waals surface area contributed by atoms with Crippen molar-refractivity contribution in [3.63, 3.8) is 0 Å². The molecule has 0 spiro atoms. The summed E-state index contributed by atoms with van der Waals surface area (Å²) in [6, 6.07) is 16.8. The number of ether oxygens (including phenoxy) is 1. The standard InChI is InChI=1S/C24H22Cl2N2O.2ClH/c1-29-24-9-5-8-18-19(24)12-17(13-20-21(25)14-27-15-22(20)26)28-23(18)11-10-16-6-3-2-4-7-16;;/h2-9,14-15,23H,10-13H2,1H3;2*1H. The monoisotopic (exact) mass is 496 g/mol. The highest BCUT2D eigenvalue weighted by Gasteiger charge is 2.25. The summed E-state index contributed by atoms with van der Waals surface area (Å²) in [6.45, 7) is 0. The van der Waals surface area contributed by atoms with E-state index in [2.05, 4.69) is 35.3 Å². The molecule has 0 amide bonds. The molecule has 0 saturated heterocycles. The zero-order valence-electron chi connectivity index (χ0n) is 17.1. The van der Waals surface area contributed by atoms with Gasteiger partial charge in [-0.25, -0.2) is 0 Å². The van der Waals surface area contributed by atoms with Gasteiger partial charge in [0.1, 0.15) is 5.75 Å². The van der Waals surface area contributed by atoms with Crippen LogP contribution in [-0.4, -0.2) is 17.8 Å². The maximum Gasteiger partial charge on any atom is 0.122 e. The van der Waals surface area contributed by atoms with Gasteiger partial charge in [-0.05, 0) is 35.6 Å². The molecule has 2 heterocycles. The third-order valence-corrected chi connectivity index (χ3v) is 6.00. The Bertz CT molecular complexity index is 1020. The van der Waals surface area contributed by atoms with Crippen LogP contribution in [0, 0.1) is 0 Å².